The number of benzene rings is 1. The molecule has 2 saturated carbocycles. The Morgan fingerprint density at radius 2 is 2.06 bits per heavy atom. The molecule has 2 aliphatic carbocycles. The molecule has 0 amide bonds. The Balaban J connectivity index is 1.50. The fourth-order valence-corrected chi connectivity index (χ4v) is 3.03. The van der Waals surface area contributed by atoms with Gasteiger partial charge in [0.2, 0.25) is 0 Å². The number of rotatable bonds is 6. The van der Waals surface area contributed by atoms with Crippen molar-refractivity contribution in [3.05, 3.63) is 35.6 Å². The van der Waals surface area contributed by atoms with Gasteiger partial charge in [0, 0.05) is 12.6 Å². The second kappa shape index (κ2) is 4.65. The van der Waals surface area contributed by atoms with Gasteiger partial charge in [0.1, 0.15) is 5.82 Å². The Bertz CT molecular complexity index is 421. The van der Waals surface area contributed by atoms with E-state index in [1.807, 2.05) is 12.1 Å². The lowest BCUT2D eigenvalue weighted by Crippen LogP contribution is -2.34. The van der Waals surface area contributed by atoms with E-state index in [4.69, 9.17) is 0 Å². The summed E-state index contributed by atoms with van der Waals surface area (Å²) in [6.45, 7) is 3.29. The Hall–Kier alpha value is -0.890. The second-order valence-electron chi connectivity index (χ2n) is 6.21. The summed E-state index contributed by atoms with van der Waals surface area (Å²) in [7, 11) is 0. The standard InChI is InChI=1S/C16H22FN/c1-12(10-13-4-2-3-5-15(13)17)18-11-16(8-9-16)14-6-7-14/h2-5,12,14,18H,6-11H2,1H3. The molecule has 98 valence electrons. The molecule has 1 atom stereocenters. The van der Waals surface area contributed by atoms with E-state index in [-0.39, 0.29) is 5.82 Å². The van der Waals surface area contributed by atoms with Gasteiger partial charge in [-0.2, -0.15) is 0 Å². The van der Waals surface area contributed by atoms with Crippen LogP contribution < -0.4 is 5.32 Å². The van der Waals surface area contributed by atoms with E-state index in [1.54, 1.807) is 12.1 Å². The molecule has 2 fully saturated rings. The minimum absolute atomic E-state index is 0.0746. The predicted molar refractivity (Wildman–Crippen MR) is 72.0 cm³/mol. The van der Waals surface area contributed by atoms with Crippen molar-refractivity contribution in [2.24, 2.45) is 11.3 Å². The first-order chi connectivity index (χ1) is 8.70. The molecule has 0 spiro atoms. The van der Waals surface area contributed by atoms with Crippen LogP contribution in [0, 0.1) is 17.2 Å². The smallest absolute Gasteiger partial charge is 0.126 e. The minimum atomic E-state index is -0.0746. The van der Waals surface area contributed by atoms with Gasteiger partial charge in [0.25, 0.3) is 0 Å². The highest BCUT2D eigenvalue weighted by atomic mass is 19.1. The highest BCUT2D eigenvalue weighted by Gasteiger charge is 2.53. The lowest BCUT2D eigenvalue weighted by atomic mass is 9.99. The Morgan fingerprint density at radius 3 is 2.67 bits per heavy atom. The molecule has 18 heavy (non-hydrogen) atoms. The van der Waals surface area contributed by atoms with Gasteiger partial charge in [-0.25, -0.2) is 4.39 Å². The topological polar surface area (TPSA) is 12.0 Å². The Kier molecular flexibility index (Phi) is 3.14. The minimum Gasteiger partial charge on any atom is -0.313 e. The molecule has 1 aromatic carbocycles. The van der Waals surface area contributed by atoms with Crippen LogP contribution in [0.1, 0.15) is 38.2 Å². The Labute approximate surface area is 109 Å². The quantitative estimate of drug-likeness (QED) is 0.811. The fourth-order valence-electron chi connectivity index (χ4n) is 3.03. The third kappa shape index (κ3) is 2.59. The summed E-state index contributed by atoms with van der Waals surface area (Å²) >= 11 is 0. The van der Waals surface area contributed by atoms with E-state index >= 15 is 0 Å². The SMILES string of the molecule is CC(Cc1ccccc1F)NCC1(C2CC2)CC1. The lowest BCUT2D eigenvalue weighted by molar-refractivity contribution is 0.376. The van der Waals surface area contributed by atoms with Crippen molar-refractivity contribution < 1.29 is 4.39 Å². The van der Waals surface area contributed by atoms with Gasteiger partial charge in [-0.1, -0.05) is 18.2 Å². The van der Waals surface area contributed by atoms with E-state index in [2.05, 4.69) is 12.2 Å². The molecule has 0 heterocycles. The molecule has 2 aliphatic rings. The molecule has 0 aliphatic heterocycles. The monoisotopic (exact) mass is 247 g/mol. The summed E-state index contributed by atoms with van der Waals surface area (Å²) in [5, 5.41) is 3.62. The van der Waals surface area contributed by atoms with Gasteiger partial charge in [-0.05, 0) is 62.0 Å². The van der Waals surface area contributed by atoms with Gasteiger partial charge in [-0.15, -0.1) is 0 Å². The van der Waals surface area contributed by atoms with E-state index in [9.17, 15) is 4.39 Å². The van der Waals surface area contributed by atoms with Crippen LogP contribution in [0.15, 0.2) is 24.3 Å². The molecule has 0 bridgehead atoms. The van der Waals surface area contributed by atoms with E-state index in [1.165, 1.54) is 25.7 Å². The van der Waals surface area contributed by atoms with Crippen molar-refractivity contribution in [3.8, 4) is 0 Å². The van der Waals surface area contributed by atoms with Gasteiger partial charge in [0.15, 0.2) is 0 Å². The van der Waals surface area contributed by atoms with Gasteiger partial charge in [-0.3, -0.25) is 0 Å². The molecule has 3 rings (SSSR count). The van der Waals surface area contributed by atoms with Crippen molar-refractivity contribution in [2.75, 3.05) is 6.54 Å². The third-order valence-electron chi connectivity index (χ3n) is 4.62. The highest BCUT2D eigenvalue weighted by molar-refractivity contribution is 5.18. The molecular formula is C16H22FN. The Morgan fingerprint density at radius 1 is 1.33 bits per heavy atom. The summed E-state index contributed by atoms with van der Waals surface area (Å²) in [5.41, 5.74) is 1.46. The number of hydrogen-bond acceptors (Lipinski definition) is 1. The molecule has 1 aromatic rings. The molecular weight excluding hydrogens is 225 g/mol. The first-order valence-corrected chi connectivity index (χ1v) is 7.16. The molecule has 0 aromatic heterocycles. The number of hydrogen-bond donors (Lipinski definition) is 1. The molecule has 2 heteroatoms. The van der Waals surface area contributed by atoms with Gasteiger partial charge in [0.05, 0.1) is 0 Å². The normalized spacial score (nSPS) is 22.8. The largest absolute Gasteiger partial charge is 0.313 e. The fraction of sp³-hybridized carbons (Fsp3) is 0.625. The van der Waals surface area contributed by atoms with Crippen LogP contribution in [0.5, 0.6) is 0 Å². The van der Waals surface area contributed by atoms with Crippen LogP contribution >= 0.6 is 0 Å². The molecule has 1 N–H and O–H groups in total. The zero-order valence-electron chi connectivity index (χ0n) is 11.1. The lowest BCUT2D eigenvalue weighted by Gasteiger charge is -2.20. The number of halogens is 1. The van der Waals surface area contributed by atoms with Crippen LogP contribution in [0.25, 0.3) is 0 Å². The summed E-state index contributed by atoms with van der Waals surface area (Å²) in [6.07, 6.45) is 6.45. The van der Waals surface area contributed by atoms with Crippen molar-refractivity contribution in [2.45, 2.75) is 45.1 Å². The van der Waals surface area contributed by atoms with Crippen molar-refractivity contribution in [1.82, 2.24) is 5.32 Å². The van der Waals surface area contributed by atoms with Crippen LogP contribution in [-0.4, -0.2) is 12.6 Å². The van der Waals surface area contributed by atoms with Crippen molar-refractivity contribution in [3.63, 3.8) is 0 Å². The van der Waals surface area contributed by atoms with Crippen LogP contribution in [-0.2, 0) is 6.42 Å². The average molecular weight is 247 g/mol. The zero-order chi connectivity index (χ0) is 12.6. The summed E-state index contributed by atoms with van der Waals surface area (Å²) in [4.78, 5) is 0. The summed E-state index contributed by atoms with van der Waals surface area (Å²) in [6, 6.07) is 7.47. The first-order valence-electron chi connectivity index (χ1n) is 7.16. The molecule has 1 unspecified atom stereocenters. The van der Waals surface area contributed by atoms with Crippen LogP contribution in [0.2, 0.25) is 0 Å². The molecule has 1 nitrogen and oxygen atoms in total. The summed E-state index contributed by atoms with van der Waals surface area (Å²) in [5.74, 6) is 0.917. The van der Waals surface area contributed by atoms with E-state index in [0.29, 0.717) is 11.5 Å². The number of nitrogens with one attached hydrogen (secondary N) is 1. The maximum Gasteiger partial charge on any atom is 0.126 e. The molecule has 0 radical (unpaired) electrons. The van der Waals surface area contributed by atoms with Gasteiger partial charge >= 0.3 is 0 Å². The first kappa shape index (κ1) is 12.2. The van der Waals surface area contributed by atoms with Crippen molar-refractivity contribution >= 4 is 0 Å². The zero-order valence-corrected chi connectivity index (χ0v) is 11.1. The second-order valence-corrected chi connectivity index (χ2v) is 6.21. The van der Waals surface area contributed by atoms with Gasteiger partial charge < -0.3 is 5.32 Å². The maximum absolute atomic E-state index is 13.5. The predicted octanol–water partition coefficient (Wildman–Crippen LogP) is 3.54. The van der Waals surface area contributed by atoms with Crippen LogP contribution in [0.4, 0.5) is 4.39 Å². The molecule has 0 saturated heterocycles. The maximum atomic E-state index is 13.5. The van der Waals surface area contributed by atoms with E-state index < -0.39 is 0 Å². The average Bonchev–Trinajstić information content (AvgIpc) is 3.23. The third-order valence-corrected chi connectivity index (χ3v) is 4.62. The highest BCUT2D eigenvalue weighted by Crippen LogP contribution is 2.60. The van der Waals surface area contributed by atoms with Crippen LogP contribution in [0.3, 0.4) is 0 Å². The van der Waals surface area contributed by atoms with E-state index in [0.717, 1.165) is 24.4 Å². The summed E-state index contributed by atoms with van der Waals surface area (Å²) < 4.78 is 13.5. The van der Waals surface area contributed by atoms with Crippen molar-refractivity contribution in [1.29, 1.82) is 0 Å².